The zero-order chi connectivity index (χ0) is 13.0. The average molecular weight is 283 g/mol. The first-order valence-corrected chi connectivity index (χ1v) is 6.54. The molecule has 0 aliphatic heterocycles. The maximum Gasteiger partial charge on any atom is 0.266 e. The molecule has 0 aliphatic rings. The van der Waals surface area contributed by atoms with Gasteiger partial charge in [0.25, 0.3) is 5.91 Å². The van der Waals surface area contributed by atoms with Crippen LogP contribution in [0.4, 0.5) is 5.13 Å². The van der Waals surface area contributed by atoms with Crippen molar-refractivity contribution in [1.82, 2.24) is 4.98 Å². The van der Waals surface area contributed by atoms with E-state index in [2.05, 4.69) is 10.3 Å². The summed E-state index contributed by atoms with van der Waals surface area (Å²) in [7, 11) is 0. The molecule has 1 heterocycles. The van der Waals surface area contributed by atoms with Crippen LogP contribution in [0.5, 0.6) is 5.75 Å². The molecule has 0 fully saturated rings. The Labute approximate surface area is 114 Å². The van der Waals surface area contributed by atoms with Crippen molar-refractivity contribution in [1.29, 1.82) is 0 Å². The lowest BCUT2D eigenvalue weighted by molar-refractivity contribution is -0.122. The SMILES string of the molecule is CC(Oc1ccccc1Cl)C(=O)Nc1nccs1. The number of para-hydroxylation sites is 1. The lowest BCUT2D eigenvalue weighted by Crippen LogP contribution is -2.30. The molecular formula is C12H11ClN2O2S. The van der Waals surface area contributed by atoms with E-state index >= 15 is 0 Å². The molecule has 1 aromatic carbocycles. The maximum atomic E-state index is 11.8. The van der Waals surface area contributed by atoms with E-state index in [4.69, 9.17) is 16.3 Å². The van der Waals surface area contributed by atoms with Crippen LogP contribution in [-0.2, 0) is 4.79 Å². The van der Waals surface area contributed by atoms with E-state index in [1.54, 1.807) is 42.8 Å². The molecule has 1 atom stereocenters. The molecule has 1 unspecified atom stereocenters. The normalized spacial score (nSPS) is 11.9. The van der Waals surface area contributed by atoms with Gasteiger partial charge < -0.3 is 4.74 Å². The van der Waals surface area contributed by atoms with E-state index in [0.717, 1.165) is 0 Å². The van der Waals surface area contributed by atoms with Gasteiger partial charge in [-0.2, -0.15) is 0 Å². The fourth-order valence-corrected chi connectivity index (χ4v) is 1.99. The first kappa shape index (κ1) is 12.9. The highest BCUT2D eigenvalue weighted by Gasteiger charge is 2.16. The van der Waals surface area contributed by atoms with Gasteiger partial charge in [0, 0.05) is 11.6 Å². The first-order valence-electron chi connectivity index (χ1n) is 5.28. The number of aromatic nitrogens is 1. The van der Waals surface area contributed by atoms with Crippen LogP contribution in [-0.4, -0.2) is 17.0 Å². The van der Waals surface area contributed by atoms with Crippen LogP contribution in [0.3, 0.4) is 0 Å². The van der Waals surface area contributed by atoms with Crippen molar-refractivity contribution in [2.24, 2.45) is 0 Å². The van der Waals surface area contributed by atoms with Gasteiger partial charge in [-0.05, 0) is 19.1 Å². The Balaban J connectivity index is 1.97. The number of anilines is 1. The molecule has 0 radical (unpaired) electrons. The highest BCUT2D eigenvalue weighted by molar-refractivity contribution is 7.13. The van der Waals surface area contributed by atoms with E-state index in [0.29, 0.717) is 15.9 Å². The molecule has 94 valence electrons. The van der Waals surface area contributed by atoms with Crippen LogP contribution in [0, 0.1) is 0 Å². The van der Waals surface area contributed by atoms with Crippen LogP contribution < -0.4 is 10.1 Å². The van der Waals surface area contributed by atoms with Crippen LogP contribution in [0.2, 0.25) is 5.02 Å². The Morgan fingerprint density at radius 1 is 1.50 bits per heavy atom. The molecular weight excluding hydrogens is 272 g/mol. The molecule has 6 heteroatoms. The molecule has 4 nitrogen and oxygen atoms in total. The van der Waals surface area contributed by atoms with Crippen molar-refractivity contribution >= 4 is 34.0 Å². The van der Waals surface area contributed by atoms with Crippen LogP contribution in [0.15, 0.2) is 35.8 Å². The van der Waals surface area contributed by atoms with Crippen LogP contribution >= 0.6 is 22.9 Å². The Morgan fingerprint density at radius 3 is 2.94 bits per heavy atom. The number of hydrogen-bond donors (Lipinski definition) is 1. The number of amides is 1. The van der Waals surface area contributed by atoms with Crippen molar-refractivity contribution in [3.63, 3.8) is 0 Å². The fourth-order valence-electron chi connectivity index (χ4n) is 1.28. The zero-order valence-corrected chi connectivity index (χ0v) is 11.2. The third-order valence-corrected chi connectivity index (χ3v) is 3.17. The molecule has 1 amide bonds. The summed E-state index contributed by atoms with van der Waals surface area (Å²) in [4.78, 5) is 15.8. The summed E-state index contributed by atoms with van der Waals surface area (Å²) in [6.45, 7) is 1.66. The summed E-state index contributed by atoms with van der Waals surface area (Å²) >= 11 is 7.30. The number of nitrogens with one attached hydrogen (secondary N) is 1. The van der Waals surface area contributed by atoms with Crippen molar-refractivity contribution in [2.45, 2.75) is 13.0 Å². The minimum Gasteiger partial charge on any atom is -0.479 e. The standard InChI is InChI=1S/C12H11ClN2O2S/c1-8(11(16)15-12-14-6-7-18-12)17-10-5-3-2-4-9(10)13/h2-8H,1H3,(H,14,15,16). The monoisotopic (exact) mass is 282 g/mol. The Bertz CT molecular complexity index is 531. The maximum absolute atomic E-state index is 11.8. The Kier molecular flexibility index (Phi) is 4.17. The Hall–Kier alpha value is -1.59. The number of carbonyl (C=O) groups excluding carboxylic acids is 1. The van der Waals surface area contributed by atoms with Gasteiger partial charge in [-0.15, -0.1) is 11.3 Å². The van der Waals surface area contributed by atoms with Gasteiger partial charge in [0.1, 0.15) is 5.75 Å². The smallest absolute Gasteiger partial charge is 0.266 e. The van der Waals surface area contributed by atoms with Gasteiger partial charge in [-0.3, -0.25) is 10.1 Å². The highest BCUT2D eigenvalue weighted by Crippen LogP contribution is 2.24. The van der Waals surface area contributed by atoms with Crippen molar-refractivity contribution in [3.05, 3.63) is 40.9 Å². The second-order valence-corrected chi connectivity index (χ2v) is 4.82. The topological polar surface area (TPSA) is 51.2 Å². The molecule has 0 aliphatic carbocycles. The number of thiazole rings is 1. The van der Waals surface area contributed by atoms with E-state index in [-0.39, 0.29) is 5.91 Å². The molecule has 18 heavy (non-hydrogen) atoms. The van der Waals surface area contributed by atoms with E-state index in [1.165, 1.54) is 11.3 Å². The van der Waals surface area contributed by atoms with Gasteiger partial charge in [0.15, 0.2) is 11.2 Å². The molecule has 0 saturated carbocycles. The van der Waals surface area contributed by atoms with Crippen LogP contribution in [0.25, 0.3) is 0 Å². The molecule has 0 bridgehead atoms. The van der Waals surface area contributed by atoms with Gasteiger partial charge in [0.2, 0.25) is 0 Å². The lowest BCUT2D eigenvalue weighted by atomic mass is 10.3. The van der Waals surface area contributed by atoms with Crippen molar-refractivity contribution < 1.29 is 9.53 Å². The van der Waals surface area contributed by atoms with E-state index in [9.17, 15) is 4.79 Å². The number of hydrogen-bond acceptors (Lipinski definition) is 4. The van der Waals surface area contributed by atoms with Gasteiger partial charge in [-0.25, -0.2) is 4.98 Å². The molecule has 0 spiro atoms. The fraction of sp³-hybridized carbons (Fsp3) is 0.167. The second-order valence-electron chi connectivity index (χ2n) is 3.52. The second kappa shape index (κ2) is 5.84. The number of benzene rings is 1. The van der Waals surface area contributed by atoms with E-state index in [1.807, 2.05) is 0 Å². The summed E-state index contributed by atoms with van der Waals surface area (Å²) in [5.41, 5.74) is 0. The Morgan fingerprint density at radius 2 is 2.28 bits per heavy atom. The number of rotatable bonds is 4. The number of carbonyl (C=O) groups is 1. The third-order valence-electron chi connectivity index (χ3n) is 2.17. The minimum atomic E-state index is -0.645. The van der Waals surface area contributed by atoms with E-state index < -0.39 is 6.10 Å². The van der Waals surface area contributed by atoms with Crippen LogP contribution in [0.1, 0.15) is 6.92 Å². The molecule has 0 saturated heterocycles. The number of nitrogens with zero attached hydrogens (tertiary/aromatic N) is 1. The largest absolute Gasteiger partial charge is 0.479 e. The average Bonchev–Trinajstić information content (AvgIpc) is 2.84. The highest BCUT2D eigenvalue weighted by atomic mass is 35.5. The lowest BCUT2D eigenvalue weighted by Gasteiger charge is -2.14. The molecule has 1 aromatic heterocycles. The first-order chi connectivity index (χ1) is 8.66. The summed E-state index contributed by atoms with van der Waals surface area (Å²) in [5, 5.41) is 5.48. The van der Waals surface area contributed by atoms with Crippen molar-refractivity contribution in [2.75, 3.05) is 5.32 Å². The summed E-state index contributed by atoms with van der Waals surface area (Å²) in [6, 6.07) is 7.03. The van der Waals surface area contributed by atoms with Gasteiger partial charge >= 0.3 is 0 Å². The van der Waals surface area contributed by atoms with Crippen molar-refractivity contribution in [3.8, 4) is 5.75 Å². The minimum absolute atomic E-state index is 0.259. The number of halogens is 1. The molecule has 2 rings (SSSR count). The van der Waals surface area contributed by atoms with Gasteiger partial charge in [-0.1, -0.05) is 23.7 Å². The quantitative estimate of drug-likeness (QED) is 0.937. The zero-order valence-electron chi connectivity index (χ0n) is 9.59. The van der Waals surface area contributed by atoms with Gasteiger partial charge in [0.05, 0.1) is 5.02 Å². The summed E-state index contributed by atoms with van der Waals surface area (Å²) in [6.07, 6.45) is 0.980. The summed E-state index contributed by atoms with van der Waals surface area (Å²) in [5.74, 6) is 0.228. The predicted molar refractivity (Wildman–Crippen MR) is 72.3 cm³/mol. The molecule has 2 aromatic rings. The predicted octanol–water partition coefficient (Wildman–Crippen LogP) is 3.20. The third kappa shape index (κ3) is 3.21. The summed E-state index contributed by atoms with van der Waals surface area (Å²) < 4.78 is 5.49. The number of ether oxygens (including phenoxy) is 1. The molecule has 1 N–H and O–H groups in total.